The van der Waals surface area contributed by atoms with Crippen molar-refractivity contribution in [1.29, 1.82) is 0 Å². The molecule has 2 nitrogen and oxygen atoms in total. The fourth-order valence-electron chi connectivity index (χ4n) is 1.01. The molecule has 0 heterocycles. The zero-order valence-electron chi connectivity index (χ0n) is 9.17. The average molecular weight is 278 g/mol. The zero-order chi connectivity index (χ0) is 12.1. The second kappa shape index (κ2) is 6.38. The lowest BCUT2D eigenvalue weighted by Gasteiger charge is -2.09. The maximum Gasteiger partial charge on any atom is 0.232 e. The van der Waals surface area contributed by atoms with Crippen molar-refractivity contribution in [2.75, 3.05) is 19.8 Å². The maximum absolute atomic E-state index is 11.3. The quantitative estimate of drug-likeness (QED) is 0.842. The Labute approximate surface area is 110 Å². The monoisotopic (exact) mass is 277 g/mol. The molecule has 0 N–H and O–H groups in total. The topological polar surface area (TPSA) is 20.3 Å². The Morgan fingerprint density at radius 1 is 1.31 bits per heavy atom. The van der Waals surface area contributed by atoms with Gasteiger partial charge in [0.05, 0.1) is 15.8 Å². The van der Waals surface area contributed by atoms with Crippen LogP contribution in [0.4, 0.5) is 0 Å². The molecule has 5 heteroatoms. The highest BCUT2D eigenvalue weighted by molar-refractivity contribution is 7.99. The van der Waals surface area contributed by atoms with Crippen molar-refractivity contribution in [3.63, 3.8) is 0 Å². The number of rotatable bonds is 4. The summed E-state index contributed by atoms with van der Waals surface area (Å²) in [5.74, 6) is 1.36. The van der Waals surface area contributed by atoms with Gasteiger partial charge in [-0.05, 0) is 17.7 Å². The van der Waals surface area contributed by atoms with Crippen LogP contribution < -0.4 is 0 Å². The SMILES string of the molecule is CN(C)C(=O)CSCc1ccc(Cl)c(Cl)c1. The molecule has 0 aliphatic heterocycles. The molecule has 0 fully saturated rings. The van der Waals surface area contributed by atoms with Gasteiger partial charge in [-0.3, -0.25) is 4.79 Å². The van der Waals surface area contributed by atoms with Gasteiger partial charge in [-0.2, -0.15) is 0 Å². The van der Waals surface area contributed by atoms with Crippen molar-refractivity contribution < 1.29 is 4.79 Å². The van der Waals surface area contributed by atoms with E-state index in [1.807, 2.05) is 12.1 Å². The number of benzene rings is 1. The number of carbonyl (C=O) groups excluding carboxylic acids is 1. The number of hydrogen-bond donors (Lipinski definition) is 0. The highest BCUT2D eigenvalue weighted by Gasteiger charge is 2.04. The van der Waals surface area contributed by atoms with Crippen LogP contribution in [-0.4, -0.2) is 30.7 Å². The first-order valence-electron chi connectivity index (χ1n) is 4.72. The summed E-state index contributed by atoms with van der Waals surface area (Å²) in [5, 5.41) is 1.11. The first kappa shape index (κ1) is 13.7. The van der Waals surface area contributed by atoms with Crippen LogP contribution in [0, 0.1) is 0 Å². The summed E-state index contributed by atoms with van der Waals surface area (Å²) in [5.41, 5.74) is 1.07. The molecule has 0 saturated carbocycles. The Bertz CT molecular complexity index is 382. The number of amides is 1. The predicted molar refractivity (Wildman–Crippen MR) is 71.3 cm³/mol. The van der Waals surface area contributed by atoms with Gasteiger partial charge in [0.15, 0.2) is 0 Å². The second-order valence-corrected chi connectivity index (χ2v) is 5.33. The molecule has 0 radical (unpaired) electrons. The van der Waals surface area contributed by atoms with E-state index in [0.717, 1.165) is 11.3 Å². The Balaban J connectivity index is 2.43. The standard InChI is InChI=1S/C11H13Cl2NOS/c1-14(2)11(15)7-16-6-8-3-4-9(12)10(13)5-8/h3-5H,6-7H2,1-2H3. The van der Waals surface area contributed by atoms with E-state index in [9.17, 15) is 4.79 Å². The Kier molecular flexibility index (Phi) is 5.46. The third-order valence-electron chi connectivity index (χ3n) is 1.98. The van der Waals surface area contributed by atoms with Crippen LogP contribution in [0.2, 0.25) is 10.0 Å². The third-order valence-corrected chi connectivity index (χ3v) is 3.70. The van der Waals surface area contributed by atoms with E-state index in [1.54, 1.807) is 36.8 Å². The fourth-order valence-corrected chi connectivity index (χ4v) is 2.29. The molecule has 0 aromatic heterocycles. The fraction of sp³-hybridized carbons (Fsp3) is 0.364. The third kappa shape index (κ3) is 4.24. The molecule has 0 spiro atoms. The molecule has 88 valence electrons. The van der Waals surface area contributed by atoms with Crippen molar-refractivity contribution in [2.45, 2.75) is 5.75 Å². The summed E-state index contributed by atoms with van der Waals surface area (Å²) in [6.45, 7) is 0. The molecule has 0 unspecified atom stereocenters. The Morgan fingerprint density at radius 2 is 2.00 bits per heavy atom. The number of nitrogens with zero attached hydrogens (tertiary/aromatic N) is 1. The minimum absolute atomic E-state index is 0.116. The van der Waals surface area contributed by atoms with E-state index < -0.39 is 0 Å². The molecule has 1 amide bonds. The van der Waals surface area contributed by atoms with Gasteiger partial charge in [-0.1, -0.05) is 29.3 Å². The van der Waals surface area contributed by atoms with Crippen LogP contribution in [-0.2, 0) is 10.5 Å². The first-order valence-corrected chi connectivity index (χ1v) is 6.63. The number of hydrogen-bond acceptors (Lipinski definition) is 2. The van der Waals surface area contributed by atoms with Gasteiger partial charge in [0, 0.05) is 19.8 Å². The number of thioether (sulfide) groups is 1. The minimum Gasteiger partial charge on any atom is -0.348 e. The van der Waals surface area contributed by atoms with Crippen molar-refractivity contribution in [1.82, 2.24) is 4.90 Å². The summed E-state index contributed by atoms with van der Waals surface area (Å²) < 4.78 is 0. The van der Waals surface area contributed by atoms with E-state index in [0.29, 0.717) is 15.8 Å². The molecule has 1 aromatic carbocycles. The van der Waals surface area contributed by atoms with Crippen LogP contribution in [0.3, 0.4) is 0 Å². The van der Waals surface area contributed by atoms with Gasteiger partial charge in [-0.25, -0.2) is 0 Å². The Hall–Kier alpha value is -0.380. The molecule has 0 saturated heterocycles. The van der Waals surface area contributed by atoms with Crippen molar-refractivity contribution >= 4 is 40.9 Å². The molecule has 0 atom stereocenters. The van der Waals surface area contributed by atoms with Crippen LogP contribution in [0.25, 0.3) is 0 Å². The summed E-state index contributed by atoms with van der Waals surface area (Å²) in [6, 6.07) is 5.52. The van der Waals surface area contributed by atoms with Gasteiger partial charge in [0.1, 0.15) is 0 Å². The van der Waals surface area contributed by atoms with Gasteiger partial charge in [-0.15, -0.1) is 11.8 Å². The highest BCUT2D eigenvalue weighted by atomic mass is 35.5. The average Bonchev–Trinajstić information content (AvgIpc) is 2.23. The van der Waals surface area contributed by atoms with E-state index in [2.05, 4.69) is 0 Å². The van der Waals surface area contributed by atoms with Crippen LogP contribution >= 0.6 is 35.0 Å². The van der Waals surface area contributed by atoms with E-state index >= 15 is 0 Å². The molecule has 0 bridgehead atoms. The number of carbonyl (C=O) groups is 1. The molecule has 1 rings (SSSR count). The first-order chi connectivity index (χ1) is 7.50. The second-order valence-electron chi connectivity index (χ2n) is 3.53. The van der Waals surface area contributed by atoms with Crippen LogP contribution in [0.1, 0.15) is 5.56 Å². The molecular formula is C11H13Cl2NOS. The van der Waals surface area contributed by atoms with Crippen molar-refractivity contribution in [3.8, 4) is 0 Å². The van der Waals surface area contributed by atoms with E-state index in [4.69, 9.17) is 23.2 Å². The summed E-state index contributed by atoms with van der Waals surface area (Å²) in [7, 11) is 3.50. The van der Waals surface area contributed by atoms with Gasteiger partial charge >= 0.3 is 0 Å². The Morgan fingerprint density at radius 3 is 2.56 bits per heavy atom. The van der Waals surface area contributed by atoms with Crippen molar-refractivity contribution in [2.24, 2.45) is 0 Å². The molecule has 1 aromatic rings. The summed E-state index contributed by atoms with van der Waals surface area (Å²) in [4.78, 5) is 12.9. The summed E-state index contributed by atoms with van der Waals surface area (Å²) >= 11 is 13.3. The molecule has 0 aliphatic carbocycles. The van der Waals surface area contributed by atoms with Gasteiger partial charge in [0.25, 0.3) is 0 Å². The normalized spacial score (nSPS) is 10.2. The molecule has 16 heavy (non-hydrogen) atoms. The lowest BCUT2D eigenvalue weighted by atomic mass is 10.2. The van der Waals surface area contributed by atoms with Gasteiger partial charge < -0.3 is 4.90 Å². The van der Waals surface area contributed by atoms with Crippen molar-refractivity contribution in [3.05, 3.63) is 33.8 Å². The molecular weight excluding hydrogens is 265 g/mol. The largest absolute Gasteiger partial charge is 0.348 e. The van der Waals surface area contributed by atoms with Crippen LogP contribution in [0.15, 0.2) is 18.2 Å². The minimum atomic E-state index is 0.116. The lowest BCUT2D eigenvalue weighted by Crippen LogP contribution is -2.23. The van der Waals surface area contributed by atoms with Gasteiger partial charge in [0.2, 0.25) is 5.91 Å². The summed E-state index contributed by atoms with van der Waals surface area (Å²) in [6.07, 6.45) is 0. The smallest absolute Gasteiger partial charge is 0.232 e. The highest BCUT2D eigenvalue weighted by Crippen LogP contribution is 2.24. The van der Waals surface area contributed by atoms with E-state index in [-0.39, 0.29) is 5.91 Å². The number of halogens is 2. The molecule has 0 aliphatic rings. The predicted octanol–water partition coefficient (Wildman–Crippen LogP) is 3.31. The van der Waals surface area contributed by atoms with Crippen LogP contribution in [0.5, 0.6) is 0 Å². The maximum atomic E-state index is 11.3. The van der Waals surface area contributed by atoms with E-state index in [1.165, 1.54) is 0 Å². The lowest BCUT2D eigenvalue weighted by molar-refractivity contribution is -0.125. The zero-order valence-corrected chi connectivity index (χ0v) is 11.5.